The molecule has 0 saturated carbocycles. The van der Waals surface area contributed by atoms with E-state index in [1.165, 1.54) is 10.4 Å². The fourth-order valence-corrected chi connectivity index (χ4v) is 3.52. The maximum absolute atomic E-state index is 4.68. The molecule has 0 aliphatic rings. The lowest BCUT2D eigenvalue weighted by Crippen LogP contribution is -1.95. The van der Waals surface area contributed by atoms with Gasteiger partial charge in [-0.25, -0.2) is 4.98 Å². The molecule has 1 aromatic heterocycles. The van der Waals surface area contributed by atoms with Gasteiger partial charge in [0.05, 0.1) is 16.8 Å². The van der Waals surface area contributed by atoms with Crippen molar-refractivity contribution in [3.63, 3.8) is 0 Å². The number of imidazole rings is 1. The van der Waals surface area contributed by atoms with Crippen molar-refractivity contribution in [2.75, 3.05) is 0 Å². The third kappa shape index (κ3) is 2.69. The zero-order valence-corrected chi connectivity index (χ0v) is 12.9. The number of hydrogen-bond acceptors (Lipinski definition) is 2. The van der Waals surface area contributed by atoms with Crippen LogP contribution in [0.3, 0.4) is 0 Å². The molecule has 0 atom stereocenters. The minimum atomic E-state index is 0.877. The summed E-state index contributed by atoms with van der Waals surface area (Å²) < 4.78 is 3.28. The quantitative estimate of drug-likeness (QED) is 0.651. The van der Waals surface area contributed by atoms with Crippen molar-refractivity contribution in [2.45, 2.75) is 10.6 Å². The molecule has 3 aromatic rings. The van der Waals surface area contributed by atoms with Crippen molar-refractivity contribution in [3.05, 3.63) is 58.8 Å². The lowest BCUT2D eigenvalue weighted by Gasteiger charge is -2.03. The molecule has 0 aliphatic carbocycles. The lowest BCUT2D eigenvalue weighted by molar-refractivity contribution is 0.876. The average molecular weight is 333 g/mol. The summed E-state index contributed by atoms with van der Waals surface area (Å²) in [5.74, 6) is 1.98. The molecule has 0 aliphatic heterocycles. The van der Waals surface area contributed by atoms with Gasteiger partial charge in [-0.1, -0.05) is 34.1 Å². The number of fused-ring (bicyclic) bond motifs is 1. The molecule has 0 bridgehead atoms. The molecule has 1 heterocycles. The summed E-state index contributed by atoms with van der Waals surface area (Å²) in [6, 6.07) is 16.6. The van der Waals surface area contributed by atoms with Gasteiger partial charge in [0, 0.05) is 16.4 Å². The van der Waals surface area contributed by atoms with Crippen LogP contribution in [0, 0.1) is 0 Å². The molecule has 0 amide bonds. The summed E-state index contributed by atoms with van der Waals surface area (Å²) in [7, 11) is 2.08. The third-order valence-corrected chi connectivity index (χ3v) is 4.53. The predicted molar refractivity (Wildman–Crippen MR) is 84.4 cm³/mol. The van der Waals surface area contributed by atoms with Crippen LogP contribution in [-0.2, 0) is 12.8 Å². The summed E-state index contributed by atoms with van der Waals surface area (Å²) in [6.07, 6.45) is 0. The molecule has 0 spiro atoms. The summed E-state index contributed by atoms with van der Waals surface area (Å²) >= 11 is 5.30. The summed E-state index contributed by atoms with van der Waals surface area (Å²) in [5.41, 5.74) is 2.25. The van der Waals surface area contributed by atoms with Crippen LogP contribution in [-0.4, -0.2) is 9.55 Å². The second-order valence-electron chi connectivity index (χ2n) is 4.32. The first-order chi connectivity index (χ1) is 9.24. The van der Waals surface area contributed by atoms with Crippen LogP contribution < -0.4 is 0 Å². The van der Waals surface area contributed by atoms with Crippen LogP contribution in [0.2, 0.25) is 0 Å². The molecule has 0 fully saturated rings. The number of para-hydroxylation sites is 2. The van der Waals surface area contributed by atoms with Crippen molar-refractivity contribution in [1.82, 2.24) is 9.55 Å². The van der Waals surface area contributed by atoms with Crippen molar-refractivity contribution in [2.24, 2.45) is 7.05 Å². The molecule has 4 heteroatoms. The second kappa shape index (κ2) is 5.39. The van der Waals surface area contributed by atoms with Crippen LogP contribution in [0.5, 0.6) is 0 Å². The predicted octanol–water partition coefficient (Wildman–Crippen LogP) is 4.63. The first-order valence-electron chi connectivity index (χ1n) is 6.03. The van der Waals surface area contributed by atoms with Gasteiger partial charge in [0.2, 0.25) is 0 Å². The maximum Gasteiger partial charge on any atom is 0.120 e. The van der Waals surface area contributed by atoms with Gasteiger partial charge in [0.15, 0.2) is 0 Å². The van der Waals surface area contributed by atoms with E-state index in [-0.39, 0.29) is 0 Å². The Morgan fingerprint density at radius 3 is 2.79 bits per heavy atom. The molecule has 19 heavy (non-hydrogen) atoms. The molecule has 2 aromatic carbocycles. The summed E-state index contributed by atoms with van der Waals surface area (Å²) in [5, 5.41) is 0. The minimum absolute atomic E-state index is 0.877. The monoisotopic (exact) mass is 332 g/mol. The summed E-state index contributed by atoms with van der Waals surface area (Å²) in [4.78, 5) is 5.93. The van der Waals surface area contributed by atoms with Crippen molar-refractivity contribution in [1.29, 1.82) is 0 Å². The van der Waals surface area contributed by atoms with E-state index in [4.69, 9.17) is 0 Å². The summed E-state index contributed by atoms with van der Waals surface area (Å²) in [6.45, 7) is 0. The fraction of sp³-hybridized carbons (Fsp3) is 0.133. The topological polar surface area (TPSA) is 17.8 Å². The Bertz CT molecular complexity index is 721. The second-order valence-corrected chi connectivity index (χ2v) is 6.29. The highest BCUT2D eigenvalue weighted by molar-refractivity contribution is 9.10. The zero-order chi connectivity index (χ0) is 13.2. The lowest BCUT2D eigenvalue weighted by atomic mass is 10.3. The first-order valence-corrected chi connectivity index (χ1v) is 7.80. The zero-order valence-electron chi connectivity index (χ0n) is 10.5. The van der Waals surface area contributed by atoms with E-state index in [1.807, 2.05) is 12.1 Å². The Kier molecular flexibility index (Phi) is 3.62. The number of hydrogen-bond donors (Lipinski definition) is 0. The van der Waals surface area contributed by atoms with E-state index in [9.17, 15) is 0 Å². The minimum Gasteiger partial charge on any atom is -0.330 e. The first kappa shape index (κ1) is 12.8. The number of rotatable bonds is 3. The van der Waals surface area contributed by atoms with E-state index in [0.29, 0.717) is 0 Å². The highest BCUT2D eigenvalue weighted by Gasteiger charge is 2.07. The fourth-order valence-electron chi connectivity index (χ4n) is 2.03. The van der Waals surface area contributed by atoms with Gasteiger partial charge in [0.25, 0.3) is 0 Å². The molecule has 0 unspecified atom stereocenters. The van der Waals surface area contributed by atoms with Gasteiger partial charge < -0.3 is 4.57 Å². The number of aryl methyl sites for hydroxylation is 1. The van der Waals surface area contributed by atoms with E-state index < -0.39 is 0 Å². The largest absolute Gasteiger partial charge is 0.330 e. The van der Waals surface area contributed by atoms with Crippen molar-refractivity contribution in [3.8, 4) is 0 Å². The van der Waals surface area contributed by atoms with Gasteiger partial charge in [-0.2, -0.15) is 0 Å². The normalized spacial score (nSPS) is 11.1. The Morgan fingerprint density at radius 1 is 1.16 bits per heavy atom. The molecular formula is C15H13BrN2S. The Labute approximate surface area is 125 Å². The van der Waals surface area contributed by atoms with Crippen LogP contribution in [0.25, 0.3) is 11.0 Å². The molecule has 0 radical (unpaired) electrons. The van der Waals surface area contributed by atoms with E-state index >= 15 is 0 Å². The van der Waals surface area contributed by atoms with Gasteiger partial charge in [-0.15, -0.1) is 11.8 Å². The van der Waals surface area contributed by atoms with E-state index in [2.05, 4.69) is 68.9 Å². The van der Waals surface area contributed by atoms with Crippen LogP contribution in [0.1, 0.15) is 5.82 Å². The standard InChI is InChI=1S/C15H13BrN2S/c1-18-14-8-3-2-7-13(14)17-15(18)10-19-12-6-4-5-11(16)9-12/h2-9H,10H2,1H3. The molecule has 96 valence electrons. The van der Waals surface area contributed by atoms with E-state index in [0.717, 1.165) is 21.6 Å². The van der Waals surface area contributed by atoms with Gasteiger partial charge >= 0.3 is 0 Å². The number of aromatic nitrogens is 2. The molecule has 0 saturated heterocycles. The van der Waals surface area contributed by atoms with Gasteiger partial charge in [0.1, 0.15) is 5.82 Å². The molecule has 3 rings (SSSR count). The molecule has 0 N–H and O–H groups in total. The molecular weight excluding hydrogens is 320 g/mol. The van der Waals surface area contributed by atoms with Crippen molar-refractivity contribution < 1.29 is 0 Å². The number of benzene rings is 2. The average Bonchev–Trinajstić information content (AvgIpc) is 2.74. The number of halogens is 1. The highest BCUT2D eigenvalue weighted by atomic mass is 79.9. The highest BCUT2D eigenvalue weighted by Crippen LogP contribution is 2.26. The number of nitrogens with zero attached hydrogens (tertiary/aromatic N) is 2. The van der Waals surface area contributed by atoms with Crippen LogP contribution in [0.4, 0.5) is 0 Å². The van der Waals surface area contributed by atoms with E-state index in [1.54, 1.807) is 11.8 Å². The smallest absolute Gasteiger partial charge is 0.120 e. The van der Waals surface area contributed by atoms with Gasteiger partial charge in [-0.3, -0.25) is 0 Å². The Balaban J connectivity index is 1.84. The van der Waals surface area contributed by atoms with Gasteiger partial charge in [-0.05, 0) is 30.3 Å². The van der Waals surface area contributed by atoms with Crippen molar-refractivity contribution >= 4 is 38.7 Å². The number of thioether (sulfide) groups is 1. The Hall–Kier alpha value is -1.26. The van der Waals surface area contributed by atoms with Crippen LogP contribution >= 0.6 is 27.7 Å². The molecule has 2 nitrogen and oxygen atoms in total. The maximum atomic E-state index is 4.68. The third-order valence-electron chi connectivity index (χ3n) is 3.04. The SMILES string of the molecule is Cn1c(CSc2cccc(Br)c2)nc2ccccc21. The van der Waals surface area contributed by atoms with Crippen LogP contribution in [0.15, 0.2) is 57.9 Å². The Morgan fingerprint density at radius 2 is 2.00 bits per heavy atom.